The Bertz CT molecular complexity index is 436. The van der Waals surface area contributed by atoms with Crippen molar-refractivity contribution in [3.8, 4) is 5.75 Å². The van der Waals surface area contributed by atoms with E-state index in [2.05, 4.69) is 0 Å². The average Bonchev–Trinajstić information content (AvgIpc) is 2.44. The van der Waals surface area contributed by atoms with Crippen LogP contribution in [-0.4, -0.2) is 62.8 Å². The van der Waals surface area contributed by atoms with Gasteiger partial charge in [0.1, 0.15) is 30.2 Å². The summed E-state index contributed by atoms with van der Waals surface area (Å²) in [7, 11) is 0. The predicted octanol–water partition coefficient (Wildman–Crippen LogP) is -1.29. The smallest absolute Gasteiger partial charge is 0.187 e. The molecule has 2 rings (SSSR count). The molecule has 1 heterocycles. The van der Waals surface area contributed by atoms with E-state index in [0.29, 0.717) is 5.56 Å². The molecule has 0 bridgehead atoms. The van der Waals surface area contributed by atoms with Crippen molar-refractivity contribution in [2.24, 2.45) is 0 Å². The maximum atomic E-state index is 9.76. The largest absolute Gasteiger partial charge is 0.508 e. The molecule has 1 fully saturated rings. The molecule has 0 amide bonds. The Hall–Kier alpha value is -1.22. The van der Waals surface area contributed by atoms with Crippen LogP contribution < -0.4 is 0 Å². The summed E-state index contributed by atoms with van der Waals surface area (Å²) in [5.41, 5.74) is 0.655. The van der Waals surface area contributed by atoms with Crippen molar-refractivity contribution in [2.75, 3.05) is 6.61 Å². The van der Waals surface area contributed by atoms with E-state index in [1.54, 1.807) is 12.1 Å². The molecule has 112 valence electrons. The normalized spacial score (nSPS) is 34.1. The Kier molecular flexibility index (Phi) is 4.92. The fourth-order valence-electron chi connectivity index (χ4n) is 2.03. The number of rotatable bonds is 4. The van der Waals surface area contributed by atoms with Crippen LogP contribution in [0.4, 0.5) is 0 Å². The lowest BCUT2D eigenvalue weighted by atomic mass is 9.99. The van der Waals surface area contributed by atoms with Gasteiger partial charge >= 0.3 is 0 Å². The van der Waals surface area contributed by atoms with E-state index < -0.39 is 37.3 Å². The van der Waals surface area contributed by atoms with Crippen LogP contribution in [0, 0.1) is 0 Å². The molecule has 20 heavy (non-hydrogen) atoms. The Labute approximate surface area is 115 Å². The molecule has 5 atom stereocenters. The van der Waals surface area contributed by atoms with Crippen LogP contribution in [-0.2, 0) is 16.1 Å². The number of aliphatic hydroxyl groups excluding tert-OH is 4. The minimum atomic E-state index is -1.46. The van der Waals surface area contributed by atoms with E-state index in [4.69, 9.17) is 14.6 Å². The third-order valence-electron chi connectivity index (χ3n) is 3.17. The van der Waals surface area contributed by atoms with E-state index in [1.807, 2.05) is 0 Å². The molecule has 7 nitrogen and oxygen atoms in total. The van der Waals surface area contributed by atoms with Crippen molar-refractivity contribution < 1.29 is 35.0 Å². The quantitative estimate of drug-likeness (QED) is 0.467. The highest BCUT2D eigenvalue weighted by Crippen LogP contribution is 2.23. The lowest BCUT2D eigenvalue weighted by molar-refractivity contribution is -0.304. The average molecular weight is 286 g/mol. The number of aromatic hydroxyl groups is 1. The fourth-order valence-corrected chi connectivity index (χ4v) is 2.03. The van der Waals surface area contributed by atoms with Crippen LogP contribution in [0.1, 0.15) is 5.56 Å². The van der Waals surface area contributed by atoms with Gasteiger partial charge in [-0.05, 0) is 17.7 Å². The first kappa shape index (κ1) is 15.2. The molecular weight excluding hydrogens is 268 g/mol. The summed E-state index contributed by atoms with van der Waals surface area (Å²) >= 11 is 0. The summed E-state index contributed by atoms with van der Waals surface area (Å²) in [6.45, 7) is -0.464. The first-order chi connectivity index (χ1) is 9.52. The van der Waals surface area contributed by atoms with E-state index in [0.717, 1.165) is 0 Å². The lowest BCUT2D eigenvalue weighted by Gasteiger charge is -2.39. The van der Waals surface area contributed by atoms with Gasteiger partial charge in [0.2, 0.25) is 0 Å². The Balaban J connectivity index is 1.97. The zero-order valence-electron chi connectivity index (χ0n) is 10.7. The second-order valence-electron chi connectivity index (χ2n) is 4.68. The molecule has 0 aromatic heterocycles. The summed E-state index contributed by atoms with van der Waals surface area (Å²) in [6.07, 6.45) is -6.47. The molecule has 7 heteroatoms. The zero-order valence-corrected chi connectivity index (χ0v) is 10.7. The van der Waals surface area contributed by atoms with Gasteiger partial charge in [0.15, 0.2) is 6.29 Å². The number of aliphatic hydroxyl groups is 4. The van der Waals surface area contributed by atoms with Gasteiger partial charge in [-0.25, -0.2) is 0 Å². The van der Waals surface area contributed by atoms with Crippen molar-refractivity contribution in [1.82, 2.24) is 0 Å². The minimum Gasteiger partial charge on any atom is -0.508 e. The summed E-state index contributed by atoms with van der Waals surface area (Å²) < 4.78 is 10.5. The number of hydrogen-bond acceptors (Lipinski definition) is 7. The molecule has 1 aromatic carbocycles. The maximum Gasteiger partial charge on any atom is 0.187 e. The van der Waals surface area contributed by atoms with Gasteiger partial charge in [0, 0.05) is 0 Å². The van der Waals surface area contributed by atoms with Gasteiger partial charge < -0.3 is 35.0 Å². The van der Waals surface area contributed by atoms with Crippen LogP contribution >= 0.6 is 0 Å². The second kappa shape index (κ2) is 6.49. The minimum absolute atomic E-state index is 0.0388. The van der Waals surface area contributed by atoms with Crippen molar-refractivity contribution in [2.45, 2.75) is 37.3 Å². The molecule has 5 N–H and O–H groups in total. The highest BCUT2D eigenvalue weighted by Gasteiger charge is 2.43. The van der Waals surface area contributed by atoms with Gasteiger partial charge in [-0.3, -0.25) is 0 Å². The number of phenolic OH excluding ortho intramolecular Hbond substituents is 1. The van der Waals surface area contributed by atoms with Crippen LogP contribution in [0.3, 0.4) is 0 Å². The number of ether oxygens (including phenoxy) is 2. The van der Waals surface area contributed by atoms with E-state index in [1.165, 1.54) is 12.1 Å². The Morgan fingerprint density at radius 3 is 2.50 bits per heavy atom. The molecule has 0 aliphatic carbocycles. The third-order valence-corrected chi connectivity index (χ3v) is 3.17. The molecule has 0 spiro atoms. The first-order valence-electron chi connectivity index (χ1n) is 6.23. The molecule has 1 saturated heterocycles. The second-order valence-corrected chi connectivity index (χ2v) is 4.68. The molecule has 1 aliphatic heterocycles. The highest BCUT2D eigenvalue weighted by molar-refractivity contribution is 5.26. The van der Waals surface area contributed by atoms with Crippen LogP contribution in [0.2, 0.25) is 0 Å². The lowest BCUT2D eigenvalue weighted by Crippen LogP contribution is -2.59. The fraction of sp³-hybridized carbons (Fsp3) is 0.538. The number of benzene rings is 1. The highest BCUT2D eigenvalue weighted by atomic mass is 16.7. The monoisotopic (exact) mass is 286 g/mol. The van der Waals surface area contributed by atoms with Gasteiger partial charge in [-0.1, -0.05) is 12.1 Å². The number of hydrogen-bond donors (Lipinski definition) is 5. The predicted molar refractivity (Wildman–Crippen MR) is 66.7 cm³/mol. The van der Waals surface area contributed by atoms with Gasteiger partial charge in [-0.2, -0.15) is 0 Å². The van der Waals surface area contributed by atoms with Crippen molar-refractivity contribution in [1.29, 1.82) is 0 Å². The topological polar surface area (TPSA) is 120 Å². The maximum absolute atomic E-state index is 9.76. The molecule has 1 aliphatic rings. The molecule has 0 radical (unpaired) electrons. The summed E-state index contributed by atoms with van der Waals surface area (Å²) in [4.78, 5) is 0. The molecule has 0 saturated carbocycles. The first-order valence-corrected chi connectivity index (χ1v) is 6.23. The Morgan fingerprint density at radius 1 is 1.10 bits per heavy atom. The van der Waals surface area contributed by atoms with Crippen LogP contribution in [0.5, 0.6) is 5.75 Å². The third kappa shape index (κ3) is 3.26. The summed E-state index contributed by atoms with van der Waals surface area (Å²) in [5.74, 6) is 0.0832. The summed E-state index contributed by atoms with van der Waals surface area (Å²) in [5, 5.41) is 47.3. The van der Waals surface area contributed by atoms with E-state index >= 15 is 0 Å². The van der Waals surface area contributed by atoms with Crippen LogP contribution in [0.25, 0.3) is 0 Å². The SMILES string of the molecule is OC[C@H]1O[C@@H](OCc2cccc(O)c2)[C@H](O)[C@@H](O)[C@@H]1O. The van der Waals surface area contributed by atoms with Gasteiger partial charge in [0.25, 0.3) is 0 Å². The standard InChI is InChI=1S/C13H18O7/c14-5-9-10(16)11(17)12(18)13(20-9)19-6-7-2-1-3-8(15)4-7/h1-4,9-18H,5-6H2/t9-,10-,11+,12-,13-/m1/s1. The van der Waals surface area contributed by atoms with E-state index in [-0.39, 0.29) is 12.4 Å². The summed E-state index contributed by atoms with van der Waals surface area (Å²) in [6, 6.07) is 6.35. The van der Waals surface area contributed by atoms with Gasteiger partial charge in [0.05, 0.1) is 13.2 Å². The van der Waals surface area contributed by atoms with Gasteiger partial charge in [-0.15, -0.1) is 0 Å². The zero-order chi connectivity index (χ0) is 14.7. The van der Waals surface area contributed by atoms with Crippen molar-refractivity contribution >= 4 is 0 Å². The molecule has 0 unspecified atom stereocenters. The van der Waals surface area contributed by atoms with E-state index in [9.17, 15) is 20.4 Å². The molecule has 1 aromatic rings. The Morgan fingerprint density at radius 2 is 1.85 bits per heavy atom. The van der Waals surface area contributed by atoms with Crippen molar-refractivity contribution in [3.05, 3.63) is 29.8 Å². The molecular formula is C13H18O7. The number of phenols is 1. The van der Waals surface area contributed by atoms with Crippen LogP contribution in [0.15, 0.2) is 24.3 Å². The van der Waals surface area contributed by atoms with Crippen molar-refractivity contribution in [3.63, 3.8) is 0 Å².